The molecule has 1 N–H and O–H groups in total. The summed E-state index contributed by atoms with van der Waals surface area (Å²) < 4.78 is 40.5. The lowest BCUT2D eigenvalue weighted by atomic mass is 9.64. The summed E-state index contributed by atoms with van der Waals surface area (Å²) in [5.41, 5.74) is 0.425. The van der Waals surface area contributed by atoms with Crippen LogP contribution in [0.2, 0.25) is 5.02 Å². The Morgan fingerprint density at radius 2 is 1.69 bits per heavy atom. The van der Waals surface area contributed by atoms with E-state index in [1.165, 1.54) is 28.6 Å². The van der Waals surface area contributed by atoms with Crippen LogP contribution < -0.4 is 5.32 Å². The number of benzene rings is 2. The normalized spacial score (nSPS) is 19.0. The first-order chi connectivity index (χ1) is 13.8. The van der Waals surface area contributed by atoms with Crippen molar-refractivity contribution in [1.82, 2.24) is 4.31 Å². The van der Waals surface area contributed by atoms with Crippen molar-refractivity contribution in [2.45, 2.75) is 42.4 Å². The standard InChI is InChI=1S/C21H22ClFN2O3S/c22-18-9-8-17(14-19(18)29(27,28)25-12-1-2-13-25)24-20(26)21(10-3-11-21)15-4-6-16(23)7-5-15/h4-9,14H,1-3,10-13H2,(H,24,26). The summed E-state index contributed by atoms with van der Waals surface area (Å²) in [6.45, 7) is 0.950. The van der Waals surface area contributed by atoms with Gasteiger partial charge in [0.25, 0.3) is 0 Å². The van der Waals surface area contributed by atoms with Crippen LogP contribution in [0.3, 0.4) is 0 Å². The van der Waals surface area contributed by atoms with E-state index >= 15 is 0 Å². The fourth-order valence-electron chi connectivity index (χ4n) is 4.04. The van der Waals surface area contributed by atoms with Gasteiger partial charge in [-0.05, 0) is 61.6 Å². The van der Waals surface area contributed by atoms with Crippen LogP contribution in [0.4, 0.5) is 10.1 Å². The highest BCUT2D eigenvalue weighted by Crippen LogP contribution is 2.45. The molecule has 0 aromatic heterocycles. The maximum atomic E-state index is 13.3. The molecule has 29 heavy (non-hydrogen) atoms. The minimum Gasteiger partial charge on any atom is -0.325 e. The van der Waals surface area contributed by atoms with E-state index in [2.05, 4.69) is 5.32 Å². The largest absolute Gasteiger partial charge is 0.325 e. The van der Waals surface area contributed by atoms with Gasteiger partial charge in [-0.15, -0.1) is 0 Å². The lowest BCUT2D eigenvalue weighted by molar-refractivity contribution is -0.124. The number of carbonyl (C=O) groups excluding carboxylic acids is 1. The molecule has 1 heterocycles. The maximum absolute atomic E-state index is 13.3. The summed E-state index contributed by atoms with van der Waals surface area (Å²) in [4.78, 5) is 13.1. The number of halogens is 2. The third-order valence-corrected chi connectivity index (χ3v) is 8.29. The molecular formula is C21H22ClFN2O3S. The Hall–Kier alpha value is -1.96. The Morgan fingerprint density at radius 3 is 2.28 bits per heavy atom. The highest BCUT2D eigenvalue weighted by Gasteiger charge is 2.45. The van der Waals surface area contributed by atoms with Crippen LogP contribution in [0.25, 0.3) is 0 Å². The van der Waals surface area contributed by atoms with Crippen molar-refractivity contribution in [3.8, 4) is 0 Å². The highest BCUT2D eigenvalue weighted by molar-refractivity contribution is 7.89. The van der Waals surface area contributed by atoms with Gasteiger partial charge in [-0.1, -0.05) is 30.2 Å². The first kappa shape index (κ1) is 20.3. The zero-order valence-electron chi connectivity index (χ0n) is 15.8. The number of sulfonamides is 1. The third-order valence-electron chi connectivity index (χ3n) is 5.91. The number of amides is 1. The zero-order valence-corrected chi connectivity index (χ0v) is 17.4. The van der Waals surface area contributed by atoms with Gasteiger partial charge in [0.05, 0.1) is 10.4 Å². The molecule has 0 atom stereocenters. The molecule has 0 spiro atoms. The number of hydrogen-bond donors (Lipinski definition) is 1. The molecule has 1 saturated heterocycles. The monoisotopic (exact) mass is 436 g/mol. The Kier molecular flexibility index (Phi) is 5.40. The van der Waals surface area contributed by atoms with Crippen molar-refractivity contribution in [3.05, 3.63) is 58.9 Å². The molecular weight excluding hydrogens is 415 g/mol. The van der Waals surface area contributed by atoms with E-state index in [1.807, 2.05) is 0 Å². The molecule has 4 rings (SSSR count). The summed E-state index contributed by atoms with van der Waals surface area (Å²) in [6, 6.07) is 10.5. The van der Waals surface area contributed by atoms with E-state index in [1.54, 1.807) is 18.2 Å². The van der Waals surface area contributed by atoms with Gasteiger partial charge in [0, 0.05) is 18.8 Å². The number of anilines is 1. The van der Waals surface area contributed by atoms with Crippen molar-refractivity contribution in [3.63, 3.8) is 0 Å². The summed E-state index contributed by atoms with van der Waals surface area (Å²) in [6.07, 6.45) is 3.88. The van der Waals surface area contributed by atoms with E-state index in [-0.39, 0.29) is 21.6 Å². The summed E-state index contributed by atoms with van der Waals surface area (Å²) in [7, 11) is -3.70. The van der Waals surface area contributed by atoms with Crippen molar-refractivity contribution >= 4 is 33.2 Å². The van der Waals surface area contributed by atoms with Gasteiger partial charge >= 0.3 is 0 Å². The molecule has 1 saturated carbocycles. The lowest BCUT2D eigenvalue weighted by Crippen LogP contribution is -2.46. The third kappa shape index (κ3) is 3.67. The van der Waals surface area contributed by atoms with E-state index in [9.17, 15) is 17.6 Å². The molecule has 0 unspecified atom stereocenters. The maximum Gasteiger partial charge on any atom is 0.244 e. The van der Waals surface area contributed by atoms with Crippen molar-refractivity contribution < 1.29 is 17.6 Å². The van der Waals surface area contributed by atoms with Gasteiger partial charge in [0.1, 0.15) is 10.7 Å². The van der Waals surface area contributed by atoms with Crippen LogP contribution in [-0.2, 0) is 20.2 Å². The lowest BCUT2D eigenvalue weighted by Gasteiger charge is -2.40. The Labute approximate surface area is 174 Å². The smallest absolute Gasteiger partial charge is 0.244 e. The summed E-state index contributed by atoms with van der Waals surface area (Å²) >= 11 is 6.18. The van der Waals surface area contributed by atoms with Crippen molar-refractivity contribution in [1.29, 1.82) is 0 Å². The second-order valence-corrected chi connectivity index (χ2v) is 9.97. The van der Waals surface area contributed by atoms with Crippen LogP contribution >= 0.6 is 11.6 Å². The van der Waals surface area contributed by atoms with E-state index in [4.69, 9.17) is 11.6 Å². The quantitative estimate of drug-likeness (QED) is 0.758. The first-order valence-electron chi connectivity index (χ1n) is 9.70. The van der Waals surface area contributed by atoms with Crippen LogP contribution in [0.15, 0.2) is 47.4 Å². The zero-order chi connectivity index (χ0) is 20.6. The van der Waals surface area contributed by atoms with Crippen molar-refractivity contribution in [2.75, 3.05) is 18.4 Å². The van der Waals surface area contributed by atoms with Gasteiger partial charge in [-0.2, -0.15) is 4.31 Å². The summed E-state index contributed by atoms with van der Waals surface area (Å²) in [5, 5.41) is 2.99. The SMILES string of the molecule is O=C(Nc1ccc(Cl)c(S(=O)(=O)N2CCCC2)c1)C1(c2ccc(F)cc2)CCC1. The molecule has 2 aromatic rings. The van der Waals surface area contributed by atoms with E-state index in [0.717, 1.165) is 24.8 Å². The number of nitrogens with one attached hydrogen (secondary N) is 1. The molecule has 2 aliphatic rings. The Bertz CT molecular complexity index is 1030. The average molecular weight is 437 g/mol. The van der Waals surface area contributed by atoms with Crippen LogP contribution in [-0.4, -0.2) is 31.7 Å². The van der Waals surface area contributed by atoms with Crippen molar-refractivity contribution in [2.24, 2.45) is 0 Å². The predicted octanol–water partition coefficient (Wildman–Crippen LogP) is 4.32. The highest BCUT2D eigenvalue weighted by atomic mass is 35.5. The first-order valence-corrected chi connectivity index (χ1v) is 11.5. The van der Waals surface area contributed by atoms with Gasteiger partial charge < -0.3 is 5.32 Å². The minimum absolute atomic E-state index is 0.00306. The molecule has 0 radical (unpaired) electrons. The molecule has 2 fully saturated rings. The average Bonchev–Trinajstić information content (AvgIpc) is 3.19. The van der Waals surface area contributed by atoms with Crippen LogP contribution in [0.5, 0.6) is 0 Å². The molecule has 1 amide bonds. The molecule has 154 valence electrons. The molecule has 8 heteroatoms. The predicted molar refractivity (Wildman–Crippen MR) is 110 cm³/mol. The second-order valence-electron chi connectivity index (χ2n) is 7.65. The topological polar surface area (TPSA) is 66.5 Å². The number of carbonyl (C=O) groups is 1. The van der Waals surface area contributed by atoms with E-state index in [0.29, 0.717) is 31.6 Å². The number of rotatable bonds is 5. The number of nitrogens with zero attached hydrogens (tertiary/aromatic N) is 1. The Morgan fingerprint density at radius 1 is 1.03 bits per heavy atom. The Balaban J connectivity index is 1.61. The fraction of sp³-hybridized carbons (Fsp3) is 0.381. The number of hydrogen-bond acceptors (Lipinski definition) is 3. The van der Waals surface area contributed by atoms with Gasteiger partial charge in [0.15, 0.2) is 0 Å². The minimum atomic E-state index is -3.70. The second kappa shape index (κ2) is 7.70. The molecule has 0 bridgehead atoms. The van der Waals surface area contributed by atoms with Gasteiger partial charge in [0.2, 0.25) is 15.9 Å². The molecule has 1 aliphatic carbocycles. The summed E-state index contributed by atoms with van der Waals surface area (Å²) in [5.74, 6) is -0.569. The molecule has 5 nitrogen and oxygen atoms in total. The van der Waals surface area contributed by atoms with E-state index < -0.39 is 15.4 Å². The van der Waals surface area contributed by atoms with Gasteiger partial charge in [-0.25, -0.2) is 12.8 Å². The van der Waals surface area contributed by atoms with Crippen LogP contribution in [0, 0.1) is 5.82 Å². The molecule has 1 aliphatic heterocycles. The fourth-order valence-corrected chi connectivity index (χ4v) is 6.06. The molecule has 2 aromatic carbocycles. The van der Waals surface area contributed by atoms with Gasteiger partial charge in [-0.3, -0.25) is 4.79 Å². The van der Waals surface area contributed by atoms with Crippen LogP contribution in [0.1, 0.15) is 37.7 Å².